The van der Waals surface area contributed by atoms with E-state index in [2.05, 4.69) is 38.4 Å². The van der Waals surface area contributed by atoms with Gasteiger partial charge in [-0.05, 0) is 29.3 Å². The molecule has 0 saturated carbocycles. The Bertz CT molecular complexity index is 801. The Morgan fingerprint density at radius 1 is 1.30 bits per heavy atom. The van der Waals surface area contributed by atoms with Crippen LogP contribution in [0.3, 0.4) is 0 Å². The van der Waals surface area contributed by atoms with Crippen molar-refractivity contribution in [2.45, 2.75) is 13.3 Å². The molecule has 2 heterocycles. The molecule has 2 N–H and O–H groups in total. The van der Waals surface area contributed by atoms with Gasteiger partial charge in [-0.15, -0.1) is 0 Å². The van der Waals surface area contributed by atoms with E-state index < -0.39 is 0 Å². The minimum absolute atomic E-state index is 0.564. The second-order valence-corrected chi connectivity index (χ2v) is 6.20. The number of aromatic nitrogens is 3. The Morgan fingerprint density at radius 2 is 2.13 bits per heavy atom. The van der Waals surface area contributed by atoms with E-state index in [1.807, 2.05) is 31.3 Å². The van der Waals surface area contributed by atoms with E-state index in [0.717, 1.165) is 28.0 Å². The van der Waals surface area contributed by atoms with Crippen molar-refractivity contribution in [1.82, 2.24) is 15.0 Å². The van der Waals surface area contributed by atoms with Crippen LogP contribution in [0.2, 0.25) is 0 Å². The SMILES string of the molecule is C=C(C)SNc1c[nH]c2ncnc(OCCc3ccccc3)c12. The minimum atomic E-state index is 0.564. The van der Waals surface area contributed by atoms with Gasteiger partial charge in [-0.2, -0.15) is 0 Å². The Balaban J connectivity index is 1.74. The molecule has 3 rings (SSSR count). The molecule has 0 aliphatic rings. The van der Waals surface area contributed by atoms with E-state index in [4.69, 9.17) is 4.74 Å². The standard InChI is InChI=1S/C17H18N4OS/c1-12(2)23-21-14-10-18-16-15(14)17(20-11-19-16)22-9-8-13-6-4-3-5-7-13/h3-7,10-11,21H,1,8-9H2,2H3,(H,18,19,20). The van der Waals surface area contributed by atoms with Gasteiger partial charge in [-0.25, -0.2) is 9.97 Å². The van der Waals surface area contributed by atoms with Crippen molar-refractivity contribution in [1.29, 1.82) is 0 Å². The number of nitrogens with one attached hydrogen (secondary N) is 2. The summed E-state index contributed by atoms with van der Waals surface area (Å²) in [6.07, 6.45) is 4.20. The second-order valence-electron chi connectivity index (χ2n) is 5.09. The summed E-state index contributed by atoms with van der Waals surface area (Å²) in [6, 6.07) is 10.2. The van der Waals surface area contributed by atoms with Crippen molar-refractivity contribution in [3.05, 3.63) is 59.9 Å². The second kappa shape index (κ2) is 7.19. The van der Waals surface area contributed by atoms with E-state index >= 15 is 0 Å². The molecule has 0 unspecified atom stereocenters. The fourth-order valence-electron chi connectivity index (χ4n) is 2.18. The smallest absolute Gasteiger partial charge is 0.228 e. The van der Waals surface area contributed by atoms with E-state index in [1.165, 1.54) is 23.8 Å². The maximum absolute atomic E-state index is 5.89. The molecule has 0 aliphatic carbocycles. The number of ether oxygens (including phenoxy) is 1. The van der Waals surface area contributed by atoms with Gasteiger partial charge in [0.05, 0.1) is 12.3 Å². The highest BCUT2D eigenvalue weighted by Gasteiger charge is 2.12. The molecule has 23 heavy (non-hydrogen) atoms. The van der Waals surface area contributed by atoms with Crippen LogP contribution in [0, 0.1) is 0 Å². The number of rotatable bonds is 7. The highest BCUT2D eigenvalue weighted by Crippen LogP contribution is 2.31. The molecule has 0 atom stereocenters. The number of fused-ring (bicyclic) bond motifs is 1. The largest absolute Gasteiger partial charge is 0.477 e. The lowest BCUT2D eigenvalue weighted by atomic mass is 10.2. The van der Waals surface area contributed by atoms with Gasteiger partial charge in [0, 0.05) is 12.6 Å². The molecule has 0 fully saturated rings. The topological polar surface area (TPSA) is 62.8 Å². The predicted molar refractivity (Wildman–Crippen MR) is 95.6 cm³/mol. The molecule has 0 saturated heterocycles. The zero-order valence-corrected chi connectivity index (χ0v) is 13.7. The van der Waals surface area contributed by atoms with Crippen molar-refractivity contribution >= 4 is 28.7 Å². The molecule has 0 spiro atoms. The fourth-order valence-corrected chi connectivity index (χ4v) is 2.62. The number of hydrogen-bond donors (Lipinski definition) is 2. The monoisotopic (exact) mass is 326 g/mol. The van der Waals surface area contributed by atoms with Crippen LogP contribution >= 0.6 is 11.9 Å². The molecule has 0 amide bonds. The van der Waals surface area contributed by atoms with Gasteiger partial charge in [-0.1, -0.05) is 36.9 Å². The Morgan fingerprint density at radius 3 is 2.91 bits per heavy atom. The summed E-state index contributed by atoms with van der Waals surface area (Å²) in [5.74, 6) is 0.581. The molecule has 0 bridgehead atoms. The number of benzene rings is 1. The number of nitrogens with zero attached hydrogens (tertiary/aromatic N) is 2. The Kier molecular flexibility index (Phi) is 4.83. The van der Waals surface area contributed by atoms with Crippen LogP contribution in [0.1, 0.15) is 12.5 Å². The van der Waals surface area contributed by atoms with Crippen LogP contribution in [0.5, 0.6) is 5.88 Å². The molecule has 118 valence electrons. The van der Waals surface area contributed by atoms with Crippen molar-refractivity contribution in [2.24, 2.45) is 0 Å². The molecule has 0 radical (unpaired) electrons. The van der Waals surface area contributed by atoms with Gasteiger partial charge in [0.15, 0.2) is 0 Å². The summed E-state index contributed by atoms with van der Waals surface area (Å²) in [5.41, 5.74) is 2.88. The van der Waals surface area contributed by atoms with Gasteiger partial charge in [0.25, 0.3) is 0 Å². The zero-order chi connectivity index (χ0) is 16.1. The zero-order valence-electron chi connectivity index (χ0n) is 12.9. The Labute approximate surface area is 139 Å². The summed E-state index contributed by atoms with van der Waals surface area (Å²) >= 11 is 1.46. The van der Waals surface area contributed by atoms with Gasteiger partial charge in [-0.3, -0.25) is 0 Å². The lowest BCUT2D eigenvalue weighted by molar-refractivity contribution is 0.313. The minimum Gasteiger partial charge on any atom is -0.477 e. The number of hydrogen-bond acceptors (Lipinski definition) is 5. The first-order valence-electron chi connectivity index (χ1n) is 7.31. The van der Waals surface area contributed by atoms with Gasteiger partial charge < -0.3 is 14.4 Å². The first-order chi connectivity index (χ1) is 11.2. The Hall–Kier alpha value is -2.47. The molecule has 2 aromatic heterocycles. The number of aromatic amines is 1. The summed E-state index contributed by atoms with van der Waals surface area (Å²) in [7, 11) is 0. The van der Waals surface area contributed by atoms with Crippen LogP contribution in [-0.2, 0) is 6.42 Å². The summed E-state index contributed by atoms with van der Waals surface area (Å²) in [5, 5.41) is 0.856. The number of H-pyrrole nitrogens is 1. The number of anilines is 1. The summed E-state index contributed by atoms with van der Waals surface area (Å²) in [6.45, 7) is 6.38. The fraction of sp³-hybridized carbons (Fsp3) is 0.176. The van der Waals surface area contributed by atoms with Crippen molar-refractivity contribution < 1.29 is 4.74 Å². The van der Waals surface area contributed by atoms with Crippen LogP contribution in [0.15, 0.2) is 54.3 Å². The predicted octanol–water partition coefficient (Wildman–Crippen LogP) is 4.17. The quantitative estimate of drug-likeness (QED) is 0.638. The number of allylic oxidation sites excluding steroid dienone is 1. The van der Waals surface area contributed by atoms with Crippen LogP contribution < -0.4 is 9.46 Å². The first kappa shape index (κ1) is 15.4. The highest BCUT2D eigenvalue weighted by atomic mass is 32.2. The molecular formula is C17H18N4OS. The van der Waals surface area contributed by atoms with Crippen molar-refractivity contribution in [2.75, 3.05) is 11.3 Å². The molecule has 5 nitrogen and oxygen atoms in total. The van der Waals surface area contributed by atoms with E-state index in [0.29, 0.717) is 12.5 Å². The maximum Gasteiger partial charge on any atom is 0.228 e. The average molecular weight is 326 g/mol. The molecule has 1 aromatic carbocycles. The van der Waals surface area contributed by atoms with E-state index in [9.17, 15) is 0 Å². The first-order valence-corrected chi connectivity index (χ1v) is 8.13. The third-order valence-corrected chi connectivity index (χ3v) is 3.91. The third kappa shape index (κ3) is 3.84. The van der Waals surface area contributed by atoms with Crippen molar-refractivity contribution in [3.63, 3.8) is 0 Å². The van der Waals surface area contributed by atoms with Crippen LogP contribution in [0.4, 0.5) is 5.69 Å². The van der Waals surface area contributed by atoms with Crippen molar-refractivity contribution in [3.8, 4) is 5.88 Å². The molecule has 0 aliphatic heterocycles. The average Bonchev–Trinajstić information content (AvgIpc) is 2.98. The van der Waals surface area contributed by atoms with Crippen LogP contribution in [0.25, 0.3) is 11.0 Å². The van der Waals surface area contributed by atoms with Crippen LogP contribution in [-0.4, -0.2) is 21.6 Å². The summed E-state index contributed by atoms with van der Waals surface area (Å²) < 4.78 is 9.13. The maximum atomic E-state index is 5.89. The third-order valence-electron chi connectivity index (χ3n) is 3.24. The molecular weight excluding hydrogens is 308 g/mol. The highest BCUT2D eigenvalue weighted by molar-refractivity contribution is 8.04. The molecule has 6 heteroatoms. The van der Waals surface area contributed by atoms with E-state index in [-0.39, 0.29) is 0 Å². The van der Waals surface area contributed by atoms with E-state index in [1.54, 1.807) is 0 Å². The molecule has 3 aromatic rings. The lowest BCUT2D eigenvalue weighted by Gasteiger charge is -2.08. The van der Waals surface area contributed by atoms with Gasteiger partial charge >= 0.3 is 0 Å². The normalized spacial score (nSPS) is 10.7. The van der Waals surface area contributed by atoms with Gasteiger partial charge in [0.2, 0.25) is 5.88 Å². The summed E-state index contributed by atoms with van der Waals surface area (Å²) in [4.78, 5) is 12.6. The van der Waals surface area contributed by atoms with Gasteiger partial charge in [0.1, 0.15) is 17.4 Å². The lowest BCUT2D eigenvalue weighted by Crippen LogP contribution is -2.03.